The molecular formula is C19H21N5O4. The number of hydrogen-bond donors (Lipinski definition) is 2. The summed E-state index contributed by atoms with van der Waals surface area (Å²) in [7, 11) is 0. The topological polar surface area (TPSA) is 116 Å². The monoisotopic (exact) mass is 383 g/mol. The molecule has 3 aromatic heterocycles. The molecule has 1 fully saturated rings. The number of piperazine rings is 1. The van der Waals surface area contributed by atoms with Crippen molar-refractivity contribution in [2.75, 3.05) is 37.6 Å². The number of hydrogen-bond acceptors (Lipinski definition) is 8. The molecule has 9 heteroatoms. The first-order valence-electron chi connectivity index (χ1n) is 9.18. The standard InChI is InChI=1S/C19H21N5O4/c1-3-23-6-8-24(9-7-23)19-21-16-15(17(26)22-19)12(4-5-20-16)14-13(25)10-11(2)28-18(14)27/h4-5,10,25H,3,6-9H2,1-2H3,(H,20,21,22,26). The lowest BCUT2D eigenvalue weighted by molar-refractivity contribution is 0.270. The molecule has 0 aromatic carbocycles. The maximum absolute atomic E-state index is 12.9. The highest BCUT2D eigenvalue weighted by Gasteiger charge is 2.21. The summed E-state index contributed by atoms with van der Waals surface area (Å²) in [6, 6.07) is 2.84. The summed E-state index contributed by atoms with van der Waals surface area (Å²) in [6.07, 6.45) is 1.46. The molecule has 0 aliphatic carbocycles. The van der Waals surface area contributed by atoms with E-state index >= 15 is 0 Å². The number of H-pyrrole nitrogens is 1. The number of aromatic amines is 1. The molecule has 0 saturated carbocycles. The first kappa shape index (κ1) is 18.2. The summed E-state index contributed by atoms with van der Waals surface area (Å²) in [5, 5.41) is 10.4. The summed E-state index contributed by atoms with van der Waals surface area (Å²) in [5.41, 5.74) is -0.750. The van der Waals surface area contributed by atoms with Crippen LogP contribution in [0.1, 0.15) is 12.7 Å². The Bertz CT molecular complexity index is 1150. The Hall–Kier alpha value is -3.20. The van der Waals surface area contributed by atoms with Gasteiger partial charge < -0.3 is 19.3 Å². The lowest BCUT2D eigenvalue weighted by Crippen LogP contribution is -2.47. The molecule has 1 aliphatic heterocycles. The first-order valence-corrected chi connectivity index (χ1v) is 9.18. The molecule has 3 aromatic rings. The average Bonchev–Trinajstić information content (AvgIpc) is 2.67. The van der Waals surface area contributed by atoms with Crippen molar-refractivity contribution < 1.29 is 9.52 Å². The minimum atomic E-state index is -0.718. The number of nitrogens with zero attached hydrogens (tertiary/aromatic N) is 4. The van der Waals surface area contributed by atoms with Crippen molar-refractivity contribution >= 4 is 17.0 Å². The molecule has 4 rings (SSSR count). The van der Waals surface area contributed by atoms with Crippen LogP contribution in [-0.2, 0) is 0 Å². The third-order valence-corrected chi connectivity index (χ3v) is 5.04. The number of rotatable bonds is 3. The minimum absolute atomic E-state index is 0.0744. The predicted octanol–water partition coefficient (Wildman–Crippen LogP) is 1.09. The van der Waals surface area contributed by atoms with E-state index in [1.807, 2.05) is 4.90 Å². The van der Waals surface area contributed by atoms with E-state index < -0.39 is 11.2 Å². The maximum atomic E-state index is 12.9. The molecule has 28 heavy (non-hydrogen) atoms. The molecule has 0 radical (unpaired) electrons. The van der Waals surface area contributed by atoms with Gasteiger partial charge in [0.05, 0.1) is 5.39 Å². The fraction of sp³-hybridized carbons (Fsp3) is 0.368. The van der Waals surface area contributed by atoms with Crippen LogP contribution < -0.4 is 16.1 Å². The Labute approximate surface area is 160 Å². The molecular weight excluding hydrogens is 362 g/mol. The highest BCUT2D eigenvalue weighted by molar-refractivity contribution is 5.93. The van der Waals surface area contributed by atoms with Gasteiger partial charge in [-0.05, 0) is 19.5 Å². The number of aryl methyl sites for hydroxylation is 1. The van der Waals surface area contributed by atoms with Crippen LogP contribution in [0.3, 0.4) is 0 Å². The van der Waals surface area contributed by atoms with Crippen molar-refractivity contribution in [2.45, 2.75) is 13.8 Å². The second-order valence-electron chi connectivity index (χ2n) is 6.77. The quantitative estimate of drug-likeness (QED) is 0.691. The third-order valence-electron chi connectivity index (χ3n) is 5.04. The molecule has 1 aliphatic rings. The first-order chi connectivity index (χ1) is 13.5. The smallest absolute Gasteiger partial charge is 0.347 e. The number of pyridine rings is 1. The van der Waals surface area contributed by atoms with Crippen LogP contribution in [0.25, 0.3) is 22.2 Å². The van der Waals surface area contributed by atoms with E-state index in [4.69, 9.17) is 4.42 Å². The Morgan fingerprint density at radius 2 is 2.00 bits per heavy atom. The average molecular weight is 383 g/mol. The van der Waals surface area contributed by atoms with Gasteiger partial charge in [0.1, 0.15) is 17.1 Å². The van der Waals surface area contributed by atoms with Gasteiger partial charge in [0, 0.05) is 44.0 Å². The minimum Gasteiger partial charge on any atom is -0.507 e. The van der Waals surface area contributed by atoms with Gasteiger partial charge in [-0.3, -0.25) is 9.78 Å². The summed E-state index contributed by atoms with van der Waals surface area (Å²) in [6.45, 7) is 7.97. The molecule has 0 amide bonds. The van der Waals surface area contributed by atoms with Crippen LogP contribution in [0.15, 0.2) is 32.3 Å². The van der Waals surface area contributed by atoms with Crippen LogP contribution in [0.5, 0.6) is 5.75 Å². The van der Waals surface area contributed by atoms with Crippen LogP contribution >= 0.6 is 0 Å². The van der Waals surface area contributed by atoms with Gasteiger partial charge in [0.25, 0.3) is 5.56 Å². The number of nitrogens with one attached hydrogen (secondary N) is 1. The number of fused-ring (bicyclic) bond motifs is 1. The largest absolute Gasteiger partial charge is 0.507 e. The number of aromatic nitrogens is 3. The fourth-order valence-electron chi connectivity index (χ4n) is 3.53. The Balaban J connectivity index is 1.83. The Kier molecular flexibility index (Phi) is 4.60. The second kappa shape index (κ2) is 7.08. The highest BCUT2D eigenvalue weighted by Crippen LogP contribution is 2.30. The van der Waals surface area contributed by atoms with Crippen LogP contribution in [-0.4, -0.2) is 57.7 Å². The second-order valence-corrected chi connectivity index (χ2v) is 6.77. The molecule has 1 saturated heterocycles. The van der Waals surface area contributed by atoms with Crippen LogP contribution in [0.2, 0.25) is 0 Å². The van der Waals surface area contributed by atoms with Crippen LogP contribution in [0, 0.1) is 6.92 Å². The van der Waals surface area contributed by atoms with Gasteiger partial charge in [0.2, 0.25) is 5.95 Å². The summed E-state index contributed by atoms with van der Waals surface area (Å²) < 4.78 is 5.09. The zero-order chi connectivity index (χ0) is 19.8. The molecule has 0 spiro atoms. The van der Waals surface area contributed by atoms with E-state index in [2.05, 4.69) is 26.8 Å². The summed E-state index contributed by atoms with van der Waals surface area (Å²) in [4.78, 5) is 41.0. The normalized spacial score (nSPS) is 15.3. The van der Waals surface area contributed by atoms with Crippen LogP contribution in [0.4, 0.5) is 5.95 Å². The summed E-state index contributed by atoms with van der Waals surface area (Å²) in [5.74, 6) is 0.489. The molecule has 146 valence electrons. The fourth-order valence-corrected chi connectivity index (χ4v) is 3.53. The highest BCUT2D eigenvalue weighted by atomic mass is 16.4. The van der Waals surface area contributed by atoms with E-state index in [1.165, 1.54) is 18.3 Å². The van der Waals surface area contributed by atoms with E-state index in [-0.39, 0.29) is 33.7 Å². The maximum Gasteiger partial charge on any atom is 0.347 e. The van der Waals surface area contributed by atoms with E-state index in [0.717, 1.165) is 32.7 Å². The van der Waals surface area contributed by atoms with Gasteiger partial charge >= 0.3 is 5.63 Å². The zero-order valence-corrected chi connectivity index (χ0v) is 15.7. The molecule has 0 bridgehead atoms. The molecule has 4 heterocycles. The van der Waals surface area contributed by atoms with Gasteiger partial charge in [-0.2, -0.15) is 4.98 Å². The Morgan fingerprint density at radius 1 is 1.25 bits per heavy atom. The number of anilines is 1. The third kappa shape index (κ3) is 3.13. The summed E-state index contributed by atoms with van der Waals surface area (Å²) >= 11 is 0. The van der Waals surface area contributed by atoms with Gasteiger partial charge in [-0.25, -0.2) is 9.78 Å². The van der Waals surface area contributed by atoms with Crippen molar-refractivity contribution in [1.29, 1.82) is 0 Å². The van der Waals surface area contributed by atoms with E-state index in [0.29, 0.717) is 5.95 Å². The molecule has 0 unspecified atom stereocenters. The zero-order valence-electron chi connectivity index (χ0n) is 15.7. The van der Waals surface area contributed by atoms with Crippen molar-refractivity contribution in [3.63, 3.8) is 0 Å². The number of aromatic hydroxyl groups is 1. The van der Waals surface area contributed by atoms with E-state index in [1.54, 1.807) is 6.92 Å². The predicted molar refractivity (Wildman–Crippen MR) is 105 cm³/mol. The van der Waals surface area contributed by atoms with Gasteiger partial charge in [-0.15, -0.1) is 0 Å². The van der Waals surface area contributed by atoms with Gasteiger partial charge in [0.15, 0.2) is 5.65 Å². The lowest BCUT2D eigenvalue weighted by Gasteiger charge is -2.34. The van der Waals surface area contributed by atoms with Crippen molar-refractivity contribution in [1.82, 2.24) is 19.9 Å². The van der Waals surface area contributed by atoms with Crippen molar-refractivity contribution in [3.05, 3.63) is 44.9 Å². The SMILES string of the molecule is CCN1CCN(c2nc3nccc(-c4c(O)cc(C)oc4=O)c3c(=O)[nH]2)CC1. The van der Waals surface area contributed by atoms with E-state index in [9.17, 15) is 14.7 Å². The van der Waals surface area contributed by atoms with Crippen molar-refractivity contribution in [2.24, 2.45) is 0 Å². The lowest BCUT2D eigenvalue weighted by atomic mass is 10.0. The molecule has 9 nitrogen and oxygen atoms in total. The molecule has 2 N–H and O–H groups in total. The van der Waals surface area contributed by atoms with Crippen molar-refractivity contribution in [3.8, 4) is 16.9 Å². The van der Waals surface area contributed by atoms with Gasteiger partial charge in [-0.1, -0.05) is 6.92 Å². The number of likely N-dealkylation sites (N-methyl/N-ethyl adjacent to an activating group) is 1. The Morgan fingerprint density at radius 3 is 2.68 bits per heavy atom. The molecule has 0 atom stereocenters.